The SMILES string of the molecule is C=C/C(=C\C=C(/C)C(=O)N1CCC(c2ccnc3nc(C4CCOC4)[nH]c23)CC1)S(F)(F)(F)(F)F. The van der Waals surface area contributed by atoms with Crippen molar-refractivity contribution in [3.63, 3.8) is 0 Å². The summed E-state index contributed by atoms with van der Waals surface area (Å²) in [6.07, 6.45) is 4.93. The predicted molar refractivity (Wildman–Crippen MR) is 126 cm³/mol. The predicted octanol–water partition coefficient (Wildman–Crippen LogP) is 6.48. The molecule has 0 aromatic carbocycles. The second-order valence-corrected chi connectivity index (χ2v) is 11.3. The van der Waals surface area contributed by atoms with E-state index >= 15 is 0 Å². The smallest absolute Gasteiger partial charge is 0.310 e. The van der Waals surface area contributed by atoms with Gasteiger partial charge in [-0.2, -0.15) is 0 Å². The van der Waals surface area contributed by atoms with Gasteiger partial charge < -0.3 is 14.6 Å². The molecule has 12 heteroatoms. The number of allylic oxidation sites excluding steroid dienone is 3. The van der Waals surface area contributed by atoms with Gasteiger partial charge in [0.15, 0.2) is 5.65 Å². The first kappa shape index (κ1) is 25.4. The number of fused-ring (bicyclic) bond motifs is 1. The van der Waals surface area contributed by atoms with E-state index in [2.05, 4.69) is 21.5 Å². The lowest BCUT2D eigenvalue weighted by Gasteiger charge is -2.41. The van der Waals surface area contributed by atoms with Gasteiger partial charge in [-0.25, -0.2) is 9.97 Å². The zero-order chi connectivity index (χ0) is 25.5. The number of ether oxygens (including phenoxy) is 1. The number of halogens is 5. The fraction of sp³-hybridized carbons (Fsp3) is 0.435. The first-order valence-electron chi connectivity index (χ1n) is 11.2. The Morgan fingerprint density at radius 2 is 1.89 bits per heavy atom. The van der Waals surface area contributed by atoms with Crippen molar-refractivity contribution in [3.8, 4) is 0 Å². The topological polar surface area (TPSA) is 71.1 Å². The number of aromatic nitrogens is 3. The Hall–Kier alpha value is -2.73. The number of H-pyrrole nitrogens is 1. The summed E-state index contributed by atoms with van der Waals surface area (Å²) in [6, 6.07) is 1.93. The van der Waals surface area contributed by atoms with E-state index in [-0.39, 0.29) is 29.6 Å². The van der Waals surface area contributed by atoms with Gasteiger partial charge in [0.05, 0.1) is 12.1 Å². The van der Waals surface area contributed by atoms with Crippen LogP contribution in [-0.2, 0) is 9.53 Å². The van der Waals surface area contributed by atoms with Gasteiger partial charge in [-0.15, -0.1) is 0 Å². The van der Waals surface area contributed by atoms with Gasteiger partial charge in [-0.3, -0.25) is 4.79 Å². The molecule has 1 N–H and O–H groups in total. The van der Waals surface area contributed by atoms with E-state index in [0.29, 0.717) is 44.8 Å². The molecule has 2 saturated heterocycles. The molecule has 1 atom stereocenters. The minimum Gasteiger partial charge on any atom is -0.381 e. The lowest BCUT2D eigenvalue weighted by Crippen LogP contribution is -2.38. The molecule has 4 heterocycles. The number of hydrogen-bond acceptors (Lipinski definition) is 4. The maximum Gasteiger partial charge on any atom is 0.310 e. The van der Waals surface area contributed by atoms with Gasteiger partial charge in [0, 0.05) is 37.4 Å². The summed E-state index contributed by atoms with van der Waals surface area (Å²) in [5.41, 5.74) is 2.50. The standard InChI is InChI=1S/C23H27F5N4O2S/c1-3-18(35(24,25,26,27)28)5-4-15(2)23(33)32-11-7-16(8-12-32)19-6-10-29-22-20(19)30-21(31-22)17-9-13-34-14-17/h3-6,10,16-17H,1,7-9,11-14H2,2H3,(H,29,30,31)/b15-4+,18-5+. The molecule has 1 amide bonds. The quantitative estimate of drug-likeness (QED) is 0.270. The summed E-state index contributed by atoms with van der Waals surface area (Å²) in [5.74, 6) is 0.711. The van der Waals surface area contributed by atoms with E-state index < -0.39 is 21.0 Å². The normalized spacial score (nSPS) is 22.8. The van der Waals surface area contributed by atoms with Crippen molar-refractivity contribution in [3.05, 3.63) is 58.9 Å². The van der Waals surface area contributed by atoms with E-state index in [0.717, 1.165) is 29.4 Å². The highest BCUT2D eigenvalue weighted by Crippen LogP contribution is 3.02. The third-order valence-electron chi connectivity index (χ3n) is 6.46. The van der Waals surface area contributed by atoms with Crippen LogP contribution in [0.1, 0.15) is 49.4 Å². The number of imidazole rings is 1. The molecule has 0 spiro atoms. The Morgan fingerprint density at radius 1 is 1.17 bits per heavy atom. The number of amides is 1. The number of rotatable bonds is 6. The van der Waals surface area contributed by atoms with E-state index in [1.807, 2.05) is 6.07 Å². The number of aromatic amines is 1. The van der Waals surface area contributed by atoms with Crippen LogP contribution < -0.4 is 0 Å². The number of nitrogens with one attached hydrogen (secondary N) is 1. The highest BCUT2D eigenvalue weighted by atomic mass is 32.5. The Morgan fingerprint density at radius 3 is 2.49 bits per heavy atom. The van der Waals surface area contributed by atoms with Crippen LogP contribution in [0.3, 0.4) is 0 Å². The molecule has 192 valence electrons. The van der Waals surface area contributed by atoms with Gasteiger partial charge >= 0.3 is 10.2 Å². The third kappa shape index (κ3) is 5.58. The summed E-state index contributed by atoms with van der Waals surface area (Å²) in [7, 11) is -9.86. The highest BCUT2D eigenvalue weighted by molar-refractivity contribution is 8.48. The van der Waals surface area contributed by atoms with Crippen molar-refractivity contribution in [1.29, 1.82) is 0 Å². The number of pyridine rings is 1. The van der Waals surface area contributed by atoms with Crippen LogP contribution in [0.15, 0.2) is 47.5 Å². The molecule has 6 nitrogen and oxygen atoms in total. The summed E-state index contributed by atoms with van der Waals surface area (Å²) in [5, 5.41) is 0. The highest BCUT2D eigenvalue weighted by Gasteiger charge is 2.66. The second-order valence-electron chi connectivity index (χ2n) is 8.94. The average molecular weight is 519 g/mol. The van der Waals surface area contributed by atoms with Crippen LogP contribution in [0.4, 0.5) is 19.4 Å². The first-order valence-corrected chi connectivity index (χ1v) is 13.2. The van der Waals surface area contributed by atoms with Gasteiger partial charge in [0.1, 0.15) is 10.7 Å². The monoisotopic (exact) mass is 518 g/mol. The van der Waals surface area contributed by atoms with Crippen molar-refractivity contribution in [2.75, 3.05) is 26.3 Å². The summed E-state index contributed by atoms with van der Waals surface area (Å²) in [6.45, 7) is 6.23. The molecule has 0 radical (unpaired) electrons. The lowest BCUT2D eigenvalue weighted by molar-refractivity contribution is -0.128. The van der Waals surface area contributed by atoms with Crippen LogP contribution in [-0.4, -0.2) is 52.1 Å². The molecule has 2 aliphatic heterocycles. The second kappa shape index (κ2) is 8.44. The molecular formula is C23H27F5N4O2S. The minimum atomic E-state index is -9.86. The van der Waals surface area contributed by atoms with Crippen molar-refractivity contribution in [1.82, 2.24) is 19.9 Å². The van der Waals surface area contributed by atoms with E-state index in [1.54, 1.807) is 6.20 Å². The van der Waals surface area contributed by atoms with Crippen molar-refractivity contribution in [2.24, 2.45) is 0 Å². The molecule has 2 fully saturated rings. The van der Waals surface area contributed by atoms with Crippen LogP contribution in [0.2, 0.25) is 0 Å². The lowest BCUT2D eigenvalue weighted by atomic mass is 9.89. The van der Waals surface area contributed by atoms with E-state index in [4.69, 9.17) is 4.74 Å². The average Bonchev–Trinajstić information content (AvgIpc) is 3.46. The van der Waals surface area contributed by atoms with Crippen molar-refractivity contribution < 1.29 is 29.0 Å². The van der Waals surface area contributed by atoms with Gasteiger partial charge in [-0.05, 0) is 55.9 Å². The molecule has 0 bridgehead atoms. The zero-order valence-corrected chi connectivity index (χ0v) is 20.0. The fourth-order valence-corrected chi connectivity index (χ4v) is 5.15. The maximum atomic E-state index is 13.0. The Kier molecular flexibility index (Phi) is 6.12. The Labute approximate surface area is 199 Å². The van der Waals surface area contributed by atoms with Crippen LogP contribution in [0.25, 0.3) is 11.2 Å². The number of piperidine rings is 1. The summed E-state index contributed by atoms with van der Waals surface area (Å²) >= 11 is 0. The molecule has 2 aromatic heterocycles. The molecule has 2 aliphatic rings. The molecular weight excluding hydrogens is 491 g/mol. The first-order chi connectivity index (χ1) is 16.3. The number of hydrogen-bond donors (Lipinski definition) is 1. The Bertz CT molecular complexity index is 1210. The molecule has 4 rings (SSSR count). The fourth-order valence-electron chi connectivity index (χ4n) is 4.51. The number of carbonyl (C=O) groups is 1. The van der Waals surface area contributed by atoms with Crippen LogP contribution >= 0.6 is 10.2 Å². The largest absolute Gasteiger partial charge is 0.381 e. The summed E-state index contributed by atoms with van der Waals surface area (Å²) in [4.78, 5) is 24.5. The molecule has 2 aromatic rings. The van der Waals surface area contributed by atoms with E-state index in [1.165, 1.54) is 11.8 Å². The van der Waals surface area contributed by atoms with Crippen LogP contribution in [0, 0.1) is 0 Å². The zero-order valence-electron chi connectivity index (χ0n) is 19.2. The number of carbonyl (C=O) groups excluding carboxylic acids is 1. The van der Waals surface area contributed by atoms with Gasteiger partial charge in [0.25, 0.3) is 0 Å². The molecule has 0 saturated carbocycles. The minimum absolute atomic E-state index is 0.0621. The van der Waals surface area contributed by atoms with E-state index in [9.17, 15) is 24.2 Å². The molecule has 35 heavy (non-hydrogen) atoms. The van der Waals surface area contributed by atoms with Gasteiger partial charge in [-0.1, -0.05) is 32.1 Å². The summed E-state index contributed by atoms with van der Waals surface area (Å²) < 4.78 is 70.5. The Balaban J connectivity index is 1.45. The number of nitrogens with zero attached hydrogens (tertiary/aromatic N) is 3. The van der Waals surface area contributed by atoms with Gasteiger partial charge in [0.2, 0.25) is 5.91 Å². The third-order valence-corrected chi connectivity index (χ3v) is 7.66. The van der Waals surface area contributed by atoms with Crippen molar-refractivity contribution >= 4 is 27.3 Å². The van der Waals surface area contributed by atoms with Crippen LogP contribution in [0.5, 0.6) is 0 Å². The molecule has 0 aliphatic carbocycles. The number of likely N-dealkylation sites (tertiary alicyclic amines) is 1. The maximum absolute atomic E-state index is 13.0. The van der Waals surface area contributed by atoms with Crippen molar-refractivity contribution in [2.45, 2.75) is 38.0 Å². The molecule has 1 unspecified atom stereocenters.